The van der Waals surface area contributed by atoms with Gasteiger partial charge in [0.1, 0.15) is 5.75 Å². The maximum absolute atomic E-state index is 11.9. The van der Waals surface area contributed by atoms with Crippen molar-refractivity contribution in [3.05, 3.63) is 41.6 Å². The summed E-state index contributed by atoms with van der Waals surface area (Å²) in [5.74, 6) is -0.192. The summed E-state index contributed by atoms with van der Waals surface area (Å²) in [6, 6.07) is 6.75. The van der Waals surface area contributed by atoms with Gasteiger partial charge in [0.2, 0.25) is 0 Å². The Labute approximate surface area is 112 Å². The molecule has 19 heavy (non-hydrogen) atoms. The van der Waals surface area contributed by atoms with E-state index in [1.54, 1.807) is 38.1 Å². The highest BCUT2D eigenvalue weighted by atomic mass is 16.5. The molecule has 1 rings (SSSR count). The molecule has 0 aliphatic rings. The van der Waals surface area contributed by atoms with Crippen LogP contribution in [0.5, 0.6) is 5.75 Å². The summed E-state index contributed by atoms with van der Waals surface area (Å²) in [6.07, 6.45) is 1.24. The van der Waals surface area contributed by atoms with E-state index in [9.17, 15) is 9.59 Å². The molecule has 0 aromatic heterocycles. The van der Waals surface area contributed by atoms with E-state index >= 15 is 0 Å². The van der Waals surface area contributed by atoms with Gasteiger partial charge in [-0.1, -0.05) is 6.07 Å². The van der Waals surface area contributed by atoms with Crippen molar-refractivity contribution in [1.29, 1.82) is 0 Å². The zero-order chi connectivity index (χ0) is 14.3. The van der Waals surface area contributed by atoms with Crippen molar-refractivity contribution >= 4 is 11.9 Å². The molecule has 1 aromatic carbocycles. The summed E-state index contributed by atoms with van der Waals surface area (Å²) < 4.78 is 9.79. The smallest absolute Gasteiger partial charge is 0.332 e. The van der Waals surface area contributed by atoms with Crippen molar-refractivity contribution in [2.75, 3.05) is 13.7 Å². The first-order valence-corrected chi connectivity index (χ1v) is 5.87. The maximum atomic E-state index is 11.9. The van der Waals surface area contributed by atoms with Gasteiger partial charge in [-0.05, 0) is 32.0 Å². The average molecular weight is 263 g/mol. The fourth-order valence-corrected chi connectivity index (χ4v) is 1.41. The number of carbonyl (C=O) groups excluding carboxylic acids is 2. The molecule has 1 amide bonds. The third-order valence-corrected chi connectivity index (χ3v) is 2.26. The normalized spacial score (nSPS) is 10.8. The van der Waals surface area contributed by atoms with E-state index in [0.717, 1.165) is 0 Å². The Morgan fingerprint density at radius 3 is 2.74 bits per heavy atom. The summed E-state index contributed by atoms with van der Waals surface area (Å²) in [7, 11) is 1.53. The number of carbonyl (C=O) groups is 2. The highest BCUT2D eigenvalue weighted by Crippen LogP contribution is 2.12. The van der Waals surface area contributed by atoms with E-state index in [-0.39, 0.29) is 5.91 Å². The molecule has 0 heterocycles. The minimum absolute atomic E-state index is 0.298. The fourth-order valence-electron chi connectivity index (χ4n) is 1.41. The molecule has 0 unspecified atom stereocenters. The van der Waals surface area contributed by atoms with Gasteiger partial charge < -0.3 is 14.8 Å². The van der Waals surface area contributed by atoms with Crippen LogP contribution in [0, 0.1) is 0 Å². The van der Waals surface area contributed by atoms with Gasteiger partial charge in [-0.2, -0.15) is 0 Å². The topological polar surface area (TPSA) is 64.6 Å². The van der Waals surface area contributed by atoms with E-state index in [0.29, 0.717) is 23.6 Å². The van der Waals surface area contributed by atoms with Crippen LogP contribution in [0.4, 0.5) is 0 Å². The van der Waals surface area contributed by atoms with Crippen molar-refractivity contribution < 1.29 is 19.1 Å². The van der Waals surface area contributed by atoms with E-state index in [2.05, 4.69) is 5.32 Å². The van der Waals surface area contributed by atoms with Crippen molar-refractivity contribution in [3.63, 3.8) is 0 Å². The Kier molecular flexibility index (Phi) is 5.60. The van der Waals surface area contributed by atoms with Crippen LogP contribution in [-0.4, -0.2) is 25.6 Å². The Morgan fingerprint density at radius 1 is 1.37 bits per heavy atom. The molecule has 0 aliphatic carbocycles. The highest BCUT2D eigenvalue weighted by Gasteiger charge is 2.07. The summed E-state index contributed by atoms with van der Waals surface area (Å²) in [6.45, 7) is 3.64. The van der Waals surface area contributed by atoms with Crippen LogP contribution in [0.2, 0.25) is 0 Å². The number of hydrogen-bond donors (Lipinski definition) is 1. The van der Waals surface area contributed by atoms with Crippen LogP contribution in [0.3, 0.4) is 0 Å². The van der Waals surface area contributed by atoms with Gasteiger partial charge in [0.05, 0.1) is 13.7 Å². The third kappa shape index (κ3) is 4.83. The molecule has 0 atom stereocenters. The number of benzene rings is 1. The van der Waals surface area contributed by atoms with Crippen LogP contribution in [0.15, 0.2) is 36.0 Å². The predicted octanol–water partition coefficient (Wildman–Crippen LogP) is 1.89. The monoisotopic (exact) mass is 263 g/mol. The number of nitrogens with one attached hydrogen (secondary N) is 1. The lowest BCUT2D eigenvalue weighted by Gasteiger charge is -2.06. The lowest BCUT2D eigenvalue weighted by atomic mass is 10.2. The lowest BCUT2D eigenvalue weighted by Crippen LogP contribution is -2.22. The van der Waals surface area contributed by atoms with Crippen LogP contribution in [0.25, 0.3) is 0 Å². The largest absolute Gasteiger partial charge is 0.497 e. The van der Waals surface area contributed by atoms with E-state index in [1.807, 2.05) is 0 Å². The molecule has 5 heteroatoms. The van der Waals surface area contributed by atoms with Crippen LogP contribution < -0.4 is 10.1 Å². The Morgan fingerprint density at radius 2 is 2.11 bits per heavy atom. The molecular formula is C14H17NO4. The average Bonchev–Trinajstić information content (AvgIpc) is 2.38. The van der Waals surface area contributed by atoms with Gasteiger partial charge in [0, 0.05) is 17.3 Å². The van der Waals surface area contributed by atoms with E-state index in [1.165, 1.54) is 13.2 Å². The molecule has 0 fully saturated rings. The van der Waals surface area contributed by atoms with Crippen molar-refractivity contribution in [2.45, 2.75) is 13.8 Å². The zero-order valence-corrected chi connectivity index (χ0v) is 11.2. The lowest BCUT2D eigenvalue weighted by molar-refractivity contribution is -0.137. The maximum Gasteiger partial charge on any atom is 0.332 e. The van der Waals surface area contributed by atoms with E-state index in [4.69, 9.17) is 9.47 Å². The number of esters is 1. The van der Waals surface area contributed by atoms with Gasteiger partial charge in [0.25, 0.3) is 5.91 Å². The van der Waals surface area contributed by atoms with Crippen molar-refractivity contribution in [1.82, 2.24) is 5.32 Å². The zero-order valence-electron chi connectivity index (χ0n) is 11.2. The van der Waals surface area contributed by atoms with Crippen LogP contribution in [0.1, 0.15) is 24.2 Å². The highest BCUT2D eigenvalue weighted by molar-refractivity contribution is 5.96. The molecule has 0 radical (unpaired) electrons. The van der Waals surface area contributed by atoms with Crippen molar-refractivity contribution in [2.24, 2.45) is 0 Å². The molecule has 1 N–H and O–H groups in total. The summed E-state index contributed by atoms with van der Waals surface area (Å²) in [4.78, 5) is 23.1. The first-order chi connectivity index (χ1) is 9.06. The summed E-state index contributed by atoms with van der Waals surface area (Å²) >= 11 is 0. The first-order valence-electron chi connectivity index (χ1n) is 5.87. The number of ether oxygens (including phenoxy) is 2. The van der Waals surface area contributed by atoms with Gasteiger partial charge in [0.15, 0.2) is 0 Å². The molecule has 1 aromatic rings. The van der Waals surface area contributed by atoms with Gasteiger partial charge >= 0.3 is 5.97 Å². The molecule has 5 nitrogen and oxygen atoms in total. The Hall–Kier alpha value is -2.30. The summed E-state index contributed by atoms with van der Waals surface area (Å²) in [5.41, 5.74) is 0.877. The van der Waals surface area contributed by atoms with Crippen molar-refractivity contribution in [3.8, 4) is 5.75 Å². The first kappa shape index (κ1) is 14.8. The Bertz CT molecular complexity index is 494. The second-order valence-corrected chi connectivity index (χ2v) is 3.77. The molecule has 0 saturated carbocycles. The number of methoxy groups -OCH3 is 1. The van der Waals surface area contributed by atoms with E-state index < -0.39 is 5.97 Å². The standard InChI is InChI=1S/C14H17NO4/c1-4-19-13(16)8-10(2)15-14(17)11-6-5-7-12(9-11)18-3/h5-9H,4H2,1-3H3,(H,15,17). The third-order valence-electron chi connectivity index (χ3n) is 2.26. The second-order valence-electron chi connectivity index (χ2n) is 3.77. The number of rotatable bonds is 5. The number of amides is 1. The number of hydrogen-bond acceptors (Lipinski definition) is 4. The SMILES string of the molecule is CCOC(=O)C=C(C)NC(=O)c1cccc(OC)c1. The van der Waals surface area contributed by atoms with Gasteiger partial charge in [-0.25, -0.2) is 4.79 Å². The Balaban J connectivity index is 2.71. The second kappa shape index (κ2) is 7.20. The van der Waals surface area contributed by atoms with Crippen LogP contribution >= 0.6 is 0 Å². The molecule has 102 valence electrons. The predicted molar refractivity (Wildman–Crippen MR) is 70.9 cm³/mol. The fraction of sp³-hybridized carbons (Fsp3) is 0.286. The quantitative estimate of drug-likeness (QED) is 0.651. The molecule has 0 aliphatic heterocycles. The summed E-state index contributed by atoms with van der Waals surface area (Å²) in [5, 5.41) is 2.60. The van der Waals surface area contributed by atoms with Gasteiger partial charge in [-0.3, -0.25) is 4.79 Å². The molecule has 0 spiro atoms. The molecule has 0 saturated heterocycles. The van der Waals surface area contributed by atoms with Crippen LogP contribution in [-0.2, 0) is 9.53 Å². The minimum Gasteiger partial charge on any atom is -0.497 e. The minimum atomic E-state index is -0.481. The molecular weight excluding hydrogens is 246 g/mol. The molecule has 0 bridgehead atoms. The number of allylic oxidation sites excluding steroid dienone is 1. The van der Waals surface area contributed by atoms with Gasteiger partial charge in [-0.15, -0.1) is 0 Å².